The van der Waals surface area contributed by atoms with Crippen molar-refractivity contribution >= 4 is 40.7 Å². The second-order valence-electron chi connectivity index (χ2n) is 4.00. The molecule has 1 saturated carbocycles. The van der Waals surface area contributed by atoms with E-state index in [1.807, 2.05) is 0 Å². The quantitative estimate of drug-likeness (QED) is 0.828. The van der Waals surface area contributed by atoms with E-state index in [2.05, 4.69) is 5.32 Å². The van der Waals surface area contributed by atoms with E-state index >= 15 is 0 Å². The molecule has 0 atom stereocenters. The standard InChI is InChI=1S/C11H10Cl2N2O2/c12-6-2-1-3-7(13)8(6)15-10(17)11(4-5-11)9(14)16/h1-3H,4-5H2,(H2,14,16)(H,15,17). The zero-order chi connectivity index (χ0) is 12.6. The summed E-state index contributed by atoms with van der Waals surface area (Å²) in [7, 11) is 0. The van der Waals surface area contributed by atoms with Crippen LogP contribution < -0.4 is 11.1 Å². The number of carbonyl (C=O) groups is 2. The smallest absolute Gasteiger partial charge is 0.240 e. The van der Waals surface area contributed by atoms with Crippen molar-refractivity contribution in [2.45, 2.75) is 12.8 Å². The van der Waals surface area contributed by atoms with Gasteiger partial charge in [0.15, 0.2) is 0 Å². The summed E-state index contributed by atoms with van der Waals surface area (Å²) in [6.07, 6.45) is 0.937. The molecule has 0 aromatic heterocycles. The van der Waals surface area contributed by atoms with Gasteiger partial charge in [0, 0.05) is 0 Å². The van der Waals surface area contributed by atoms with E-state index in [9.17, 15) is 9.59 Å². The molecule has 3 N–H and O–H groups in total. The topological polar surface area (TPSA) is 72.2 Å². The highest BCUT2D eigenvalue weighted by atomic mass is 35.5. The Labute approximate surface area is 108 Å². The van der Waals surface area contributed by atoms with Gasteiger partial charge in [0.05, 0.1) is 15.7 Å². The molecule has 1 fully saturated rings. The molecule has 1 aromatic carbocycles. The largest absolute Gasteiger partial charge is 0.369 e. The number of halogens is 2. The van der Waals surface area contributed by atoms with Gasteiger partial charge in [0.1, 0.15) is 5.41 Å². The monoisotopic (exact) mass is 272 g/mol. The van der Waals surface area contributed by atoms with Gasteiger partial charge in [-0.1, -0.05) is 29.3 Å². The summed E-state index contributed by atoms with van der Waals surface area (Å²) < 4.78 is 0. The van der Waals surface area contributed by atoms with Crippen LogP contribution in [0.25, 0.3) is 0 Å². The van der Waals surface area contributed by atoms with Gasteiger partial charge >= 0.3 is 0 Å². The van der Waals surface area contributed by atoms with Crippen LogP contribution in [0.2, 0.25) is 10.0 Å². The molecule has 90 valence electrons. The van der Waals surface area contributed by atoms with Crippen LogP contribution in [-0.4, -0.2) is 11.8 Å². The molecule has 0 aliphatic heterocycles. The molecule has 0 bridgehead atoms. The van der Waals surface area contributed by atoms with E-state index in [0.717, 1.165) is 0 Å². The van der Waals surface area contributed by atoms with E-state index in [0.29, 0.717) is 28.6 Å². The van der Waals surface area contributed by atoms with Crippen molar-refractivity contribution < 1.29 is 9.59 Å². The van der Waals surface area contributed by atoms with Crippen LogP contribution >= 0.6 is 23.2 Å². The molecule has 1 aliphatic rings. The lowest BCUT2D eigenvalue weighted by molar-refractivity contribution is -0.132. The zero-order valence-corrected chi connectivity index (χ0v) is 10.3. The Morgan fingerprint density at radius 1 is 1.24 bits per heavy atom. The Hall–Kier alpha value is -1.26. The van der Waals surface area contributed by atoms with Crippen LogP contribution in [0.1, 0.15) is 12.8 Å². The lowest BCUT2D eigenvalue weighted by atomic mass is 10.1. The van der Waals surface area contributed by atoms with E-state index in [1.165, 1.54) is 0 Å². The predicted molar refractivity (Wildman–Crippen MR) is 66.0 cm³/mol. The highest BCUT2D eigenvalue weighted by Gasteiger charge is 2.55. The Morgan fingerprint density at radius 2 is 1.76 bits per heavy atom. The second kappa shape index (κ2) is 4.20. The number of amides is 2. The first-order valence-corrected chi connectivity index (χ1v) is 5.78. The van der Waals surface area contributed by atoms with Crippen molar-refractivity contribution in [3.05, 3.63) is 28.2 Å². The molecule has 0 saturated heterocycles. The molecule has 2 amide bonds. The summed E-state index contributed by atoms with van der Waals surface area (Å²) in [6.45, 7) is 0. The molecule has 2 rings (SSSR count). The van der Waals surface area contributed by atoms with Gasteiger partial charge in [-0.25, -0.2) is 0 Å². The highest BCUT2D eigenvalue weighted by Crippen LogP contribution is 2.46. The third kappa shape index (κ3) is 2.10. The van der Waals surface area contributed by atoms with Gasteiger partial charge in [-0.15, -0.1) is 0 Å². The van der Waals surface area contributed by atoms with E-state index in [-0.39, 0.29) is 0 Å². The van der Waals surface area contributed by atoms with Crippen molar-refractivity contribution in [1.82, 2.24) is 0 Å². The number of para-hydroxylation sites is 1. The first kappa shape index (κ1) is 12.2. The molecule has 1 aromatic rings. The number of hydrogen-bond donors (Lipinski definition) is 2. The summed E-state index contributed by atoms with van der Waals surface area (Å²) in [5, 5.41) is 3.21. The number of carbonyl (C=O) groups excluding carboxylic acids is 2. The molecule has 0 radical (unpaired) electrons. The van der Waals surface area contributed by atoms with Gasteiger partial charge < -0.3 is 11.1 Å². The predicted octanol–water partition coefficient (Wildman–Crippen LogP) is 2.20. The summed E-state index contributed by atoms with van der Waals surface area (Å²) in [5.41, 5.74) is 4.43. The normalized spacial score (nSPS) is 16.4. The van der Waals surface area contributed by atoms with Gasteiger partial charge in [0.25, 0.3) is 0 Å². The molecule has 4 nitrogen and oxygen atoms in total. The van der Waals surface area contributed by atoms with Crippen LogP contribution in [0.5, 0.6) is 0 Å². The van der Waals surface area contributed by atoms with Crippen molar-refractivity contribution in [3.63, 3.8) is 0 Å². The van der Waals surface area contributed by atoms with Crippen LogP contribution in [0.4, 0.5) is 5.69 Å². The van der Waals surface area contributed by atoms with Crippen LogP contribution in [0.3, 0.4) is 0 Å². The van der Waals surface area contributed by atoms with E-state index in [1.54, 1.807) is 18.2 Å². The van der Waals surface area contributed by atoms with Crippen LogP contribution in [-0.2, 0) is 9.59 Å². The molecular formula is C11H10Cl2N2O2. The van der Waals surface area contributed by atoms with Crippen molar-refractivity contribution in [2.24, 2.45) is 11.1 Å². The van der Waals surface area contributed by atoms with Gasteiger partial charge in [-0.05, 0) is 25.0 Å². The first-order valence-electron chi connectivity index (χ1n) is 5.03. The zero-order valence-electron chi connectivity index (χ0n) is 8.80. The summed E-state index contributed by atoms with van der Waals surface area (Å²) in [4.78, 5) is 23.1. The van der Waals surface area contributed by atoms with Gasteiger partial charge in [0.2, 0.25) is 11.8 Å². The number of nitrogens with one attached hydrogen (secondary N) is 1. The average molecular weight is 273 g/mol. The van der Waals surface area contributed by atoms with Crippen molar-refractivity contribution in [3.8, 4) is 0 Å². The summed E-state index contributed by atoms with van der Waals surface area (Å²) >= 11 is 11.8. The van der Waals surface area contributed by atoms with Crippen LogP contribution in [0, 0.1) is 5.41 Å². The third-order valence-electron chi connectivity index (χ3n) is 2.86. The number of rotatable bonds is 3. The number of hydrogen-bond acceptors (Lipinski definition) is 2. The fourth-order valence-electron chi connectivity index (χ4n) is 1.56. The Bertz CT molecular complexity index is 478. The minimum atomic E-state index is -1.08. The maximum atomic E-state index is 11.9. The number of nitrogens with two attached hydrogens (primary N) is 1. The number of anilines is 1. The summed E-state index contributed by atoms with van der Waals surface area (Å²) in [6, 6.07) is 4.88. The average Bonchev–Trinajstić information content (AvgIpc) is 3.04. The molecule has 0 unspecified atom stereocenters. The Balaban J connectivity index is 2.23. The highest BCUT2D eigenvalue weighted by molar-refractivity contribution is 6.40. The molecule has 0 spiro atoms. The summed E-state index contributed by atoms with van der Waals surface area (Å²) in [5.74, 6) is -1.06. The minimum absolute atomic E-state index is 0.313. The van der Waals surface area contributed by atoms with Crippen molar-refractivity contribution in [1.29, 1.82) is 0 Å². The van der Waals surface area contributed by atoms with Gasteiger partial charge in [-0.2, -0.15) is 0 Å². The number of primary amides is 1. The lowest BCUT2D eigenvalue weighted by Crippen LogP contribution is -2.36. The fraction of sp³-hybridized carbons (Fsp3) is 0.273. The second-order valence-corrected chi connectivity index (χ2v) is 4.81. The minimum Gasteiger partial charge on any atom is -0.369 e. The fourth-order valence-corrected chi connectivity index (χ4v) is 2.05. The lowest BCUT2D eigenvalue weighted by Gasteiger charge is -2.13. The van der Waals surface area contributed by atoms with Gasteiger partial charge in [-0.3, -0.25) is 9.59 Å². The molecule has 0 heterocycles. The third-order valence-corrected chi connectivity index (χ3v) is 3.49. The van der Waals surface area contributed by atoms with E-state index < -0.39 is 17.2 Å². The van der Waals surface area contributed by atoms with Crippen LogP contribution in [0.15, 0.2) is 18.2 Å². The molecule has 1 aliphatic carbocycles. The van der Waals surface area contributed by atoms with E-state index in [4.69, 9.17) is 28.9 Å². The Morgan fingerprint density at radius 3 is 2.18 bits per heavy atom. The maximum absolute atomic E-state index is 11.9. The Kier molecular flexibility index (Phi) is 3.02. The number of benzene rings is 1. The molecular weight excluding hydrogens is 263 g/mol. The van der Waals surface area contributed by atoms with Crippen molar-refractivity contribution in [2.75, 3.05) is 5.32 Å². The maximum Gasteiger partial charge on any atom is 0.240 e. The first-order chi connectivity index (χ1) is 7.97. The molecule has 6 heteroatoms. The molecule has 17 heavy (non-hydrogen) atoms. The SMILES string of the molecule is NC(=O)C1(C(=O)Nc2c(Cl)cccc2Cl)CC1.